The topological polar surface area (TPSA) is 83.8 Å². The Labute approximate surface area is 109 Å². The van der Waals surface area contributed by atoms with E-state index in [-0.39, 0.29) is 16.6 Å². The standard InChI is InChI=1S/C12H13ClN4O/c13-10-11(15-7-16-12(10)18)17-9(6-14)8-4-2-1-3-5-8/h1-5,7,9H,6,14H2,(H2,15,16,17,18). The fraction of sp³-hybridized carbons (Fsp3) is 0.167. The summed E-state index contributed by atoms with van der Waals surface area (Å²) in [5, 5.41) is 3.10. The average Bonchev–Trinajstić information content (AvgIpc) is 2.41. The van der Waals surface area contributed by atoms with Crippen molar-refractivity contribution in [1.29, 1.82) is 0 Å². The summed E-state index contributed by atoms with van der Waals surface area (Å²) in [7, 11) is 0. The van der Waals surface area contributed by atoms with E-state index in [4.69, 9.17) is 17.3 Å². The number of aromatic nitrogens is 2. The van der Waals surface area contributed by atoms with Gasteiger partial charge in [-0.05, 0) is 5.56 Å². The zero-order valence-electron chi connectivity index (χ0n) is 9.56. The first-order valence-electron chi connectivity index (χ1n) is 5.47. The Bertz CT molecular complexity index is 570. The first kappa shape index (κ1) is 12.6. The first-order chi connectivity index (χ1) is 8.72. The lowest BCUT2D eigenvalue weighted by Crippen LogP contribution is -2.22. The van der Waals surface area contributed by atoms with E-state index < -0.39 is 0 Å². The molecule has 0 aliphatic heterocycles. The Morgan fingerprint density at radius 3 is 2.78 bits per heavy atom. The highest BCUT2D eigenvalue weighted by molar-refractivity contribution is 6.32. The molecule has 0 bridgehead atoms. The van der Waals surface area contributed by atoms with E-state index in [1.807, 2.05) is 30.3 Å². The van der Waals surface area contributed by atoms with Crippen molar-refractivity contribution < 1.29 is 0 Å². The molecular formula is C12H13ClN4O. The highest BCUT2D eigenvalue weighted by Gasteiger charge is 2.13. The lowest BCUT2D eigenvalue weighted by molar-refractivity contribution is 0.782. The summed E-state index contributed by atoms with van der Waals surface area (Å²) in [6, 6.07) is 9.53. The summed E-state index contributed by atoms with van der Waals surface area (Å²) in [5.74, 6) is 0.333. The molecule has 18 heavy (non-hydrogen) atoms. The van der Waals surface area contributed by atoms with E-state index in [0.29, 0.717) is 12.4 Å². The maximum absolute atomic E-state index is 11.3. The van der Waals surface area contributed by atoms with Gasteiger partial charge in [0.1, 0.15) is 5.02 Å². The first-order valence-corrected chi connectivity index (χ1v) is 5.85. The maximum atomic E-state index is 11.3. The van der Waals surface area contributed by atoms with Gasteiger partial charge in [0.2, 0.25) is 0 Å². The fourth-order valence-corrected chi connectivity index (χ4v) is 1.77. The molecule has 1 aromatic carbocycles. The van der Waals surface area contributed by atoms with Crippen molar-refractivity contribution in [3.63, 3.8) is 0 Å². The molecule has 1 unspecified atom stereocenters. The van der Waals surface area contributed by atoms with Crippen molar-refractivity contribution >= 4 is 17.4 Å². The van der Waals surface area contributed by atoms with Crippen molar-refractivity contribution in [1.82, 2.24) is 9.97 Å². The molecule has 0 aliphatic rings. The number of hydrogen-bond acceptors (Lipinski definition) is 4. The van der Waals surface area contributed by atoms with E-state index in [1.54, 1.807) is 0 Å². The highest BCUT2D eigenvalue weighted by Crippen LogP contribution is 2.20. The molecule has 5 nitrogen and oxygen atoms in total. The van der Waals surface area contributed by atoms with E-state index in [2.05, 4.69) is 15.3 Å². The number of anilines is 1. The molecule has 0 amide bonds. The van der Waals surface area contributed by atoms with Crippen molar-refractivity contribution in [2.24, 2.45) is 5.73 Å². The van der Waals surface area contributed by atoms with Gasteiger partial charge in [0.15, 0.2) is 5.82 Å². The molecule has 0 saturated heterocycles. The second-order valence-electron chi connectivity index (χ2n) is 3.74. The number of hydrogen-bond donors (Lipinski definition) is 3. The predicted octanol–water partition coefficient (Wildman–Crippen LogP) is 1.54. The zero-order valence-corrected chi connectivity index (χ0v) is 10.3. The van der Waals surface area contributed by atoms with E-state index in [9.17, 15) is 4.79 Å². The van der Waals surface area contributed by atoms with E-state index in [1.165, 1.54) is 6.33 Å². The maximum Gasteiger partial charge on any atom is 0.271 e. The van der Waals surface area contributed by atoms with Crippen molar-refractivity contribution in [2.45, 2.75) is 6.04 Å². The Balaban J connectivity index is 2.26. The lowest BCUT2D eigenvalue weighted by atomic mass is 10.1. The van der Waals surface area contributed by atoms with Crippen LogP contribution in [0.2, 0.25) is 5.02 Å². The number of aromatic amines is 1. The number of H-pyrrole nitrogens is 1. The average molecular weight is 265 g/mol. The smallest absolute Gasteiger partial charge is 0.271 e. The number of nitrogens with two attached hydrogens (primary N) is 1. The van der Waals surface area contributed by atoms with Gasteiger partial charge < -0.3 is 16.0 Å². The van der Waals surface area contributed by atoms with Crippen molar-refractivity contribution in [3.05, 3.63) is 57.6 Å². The molecule has 0 spiro atoms. The minimum absolute atomic E-state index is 0.0341. The van der Waals surface area contributed by atoms with Crippen LogP contribution >= 0.6 is 11.6 Å². The van der Waals surface area contributed by atoms with Gasteiger partial charge in [-0.2, -0.15) is 0 Å². The third-order valence-electron chi connectivity index (χ3n) is 2.55. The van der Waals surface area contributed by atoms with Gasteiger partial charge in [-0.25, -0.2) is 4.98 Å². The van der Waals surface area contributed by atoms with Crippen LogP contribution in [0.4, 0.5) is 5.82 Å². The zero-order chi connectivity index (χ0) is 13.0. The van der Waals surface area contributed by atoms with E-state index in [0.717, 1.165) is 5.56 Å². The summed E-state index contributed by atoms with van der Waals surface area (Å²) < 4.78 is 0. The van der Waals surface area contributed by atoms with Gasteiger partial charge in [-0.3, -0.25) is 4.79 Å². The van der Waals surface area contributed by atoms with E-state index >= 15 is 0 Å². The number of rotatable bonds is 4. The van der Waals surface area contributed by atoms with Gasteiger partial charge in [0, 0.05) is 6.54 Å². The van der Waals surface area contributed by atoms with Gasteiger partial charge in [-0.1, -0.05) is 41.9 Å². The summed E-state index contributed by atoms with van der Waals surface area (Å²) in [6.45, 7) is 0.370. The minimum Gasteiger partial charge on any atom is -0.361 e. The van der Waals surface area contributed by atoms with Crippen LogP contribution in [0.25, 0.3) is 0 Å². The van der Waals surface area contributed by atoms with Crippen LogP contribution in [0.3, 0.4) is 0 Å². The Morgan fingerprint density at radius 2 is 2.11 bits per heavy atom. The third kappa shape index (κ3) is 2.69. The summed E-state index contributed by atoms with van der Waals surface area (Å²) in [5.41, 5.74) is 6.36. The van der Waals surface area contributed by atoms with Crippen LogP contribution in [-0.4, -0.2) is 16.5 Å². The largest absolute Gasteiger partial charge is 0.361 e. The molecule has 1 atom stereocenters. The molecule has 2 aromatic rings. The molecule has 2 rings (SSSR count). The van der Waals surface area contributed by atoms with Gasteiger partial charge in [0.25, 0.3) is 5.56 Å². The second-order valence-corrected chi connectivity index (χ2v) is 4.12. The predicted molar refractivity (Wildman–Crippen MR) is 71.7 cm³/mol. The number of halogens is 1. The highest BCUT2D eigenvalue weighted by atomic mass is 35.5. The molecule has 6 heteroatoms. The van der Waals surface area contributed by atoms with Gasteiger partial charge in [-0.15, -0.1) is 0 Å². The third-order valence-corrected chi connectivity index (χ3v) is 2.90. The quantitative estimate of drug-likeness (QED) is 0.782. The number of nitrogens with one attached hydrogen (secondary N) is 2. The van der Waals surface area contributed by atoms with Crippen LogP contribution in [0, 0.1) is 0 Å². The molecule has 0 saturated carbocycles. The second kappa shape index (κ2) is 5.66. The molecule has 1 aromatic heterocycles. The molecular weight excluding hydrogens is 252 g/mol. The number of nitrogens with zero attached hydrogens (tertiary/aromatic N) is 1. The number of benzene rings is 1. The summed E-state index contributed by atoms with van der Waals surface area (Å²) in [4.78, 5) is 17.7. The normalized spacial score (nSPS) is 12.1. The minimum atomic E-state index is -0.377. The van der Waals surface area contributed by atoms with Gasteiger partial charge in [0.05, 0.1) is 12.4 Å². The van der Waals surface area contributed by atoms with Crippen molar-refractivity contribution in [2.75, 3.05) is 11.9 Å². The van der Waals surface area contributed by atoms with Crippen LogP contribution in [0.15, 0.2) is 41.5 Å². The fourth-order valence-electron chi connectivity index (χ4n) is 1.61. The lowest BCUT2D eigenvalue weighted by Gasteiger charge is -2.18. The Hall–Kier alpha value is -1.85. The van der Waals surface area contributed by atoms with Gasteiger partial charge >= 0.3 is 0 Å². The molecule has 94 valence electrons. The Morgan fingerprint density at radius 1 is 1.39 bits per heavy atom. The van der Waals surface area contributed by atoms with Crippen LogP contribution in [-0.2, 0) is 0 Å². The molecule has 0 aliphatic carbocycles. The molecule has 0 fully saturated rings. The SMILES string of the molecule is NCC(Nc1nc[nH]c(=O)c1Cl)c1ccccc1. The summed E-state index contributed by atoms with van der Waals surface area (Å²) in [6.07, 6.45) is 1.30. The van der Waals surface area contributed by atoms with Crippen LogP contribution in [0.5, 0.6) is 0 Å². The molecule has 0 radical (unpaired) electrons. The van der Waals surface area contributed by atoms with Crippen LogP contribution in [0.1, 0.15) is 11.6 Å². The Kier molecular flexibility index (Phi) is 3.96. The summed E-state index contributed by atoms with van der Waals surface area (Å²) >= 11 is 5.87. The van der Waals surface area contributed by atoms with Crippen molar-refractivity contribution in [3.8, 4) is 0 Å². The monoisotopic (exact) mass is 264 g/mol. The molecule has 1 heterocycles. The molecule has 4 N–H and O–H groups in total. The van der Waals surface area contributed by atoms with Crippen LogP contribution < -0.4 is 16.6 Å².